The van der Waals surface area contributed by atoms with Crippen molar-refractivity contribution in [2.75, 3.05) is 11.9 Å². The van der Waals surface area contributed by atoms with Gasteiger partial charge in [-0.2, -0.15) is 0 Å². The third-order valence-corrected chi connectivity index (χ3v) is 5.28. The lowest BCUT2D eigenvalue weighted by molar-refractivity contribution is -0.115. The molecule has 1 aliphatic rings. The van der Waals surface area contributed by atoms with Crippen LogP contribution in [-0.2, 0) is 16.1 Å². The smallest absolute Gasteiger partial charge is 0.254 e. The quantitative estimate of drug-likeness (QED) is 0.644. The molecule has 30 heavy (non-hydrogen) atoms. The van der Waals surface area contributed by atoms with Crippen LogP contribution in [0.2, 0.25) is 0 Å². The topological polar surface area (TPSA) is 92.5 Å². The number of nitrogens with zero attached hydrogens (tertiary/aromatic N) is 1. The molecule has 0 aromatic heterocycles. The Morgan fingerprint density at radius 1 is 1.10 bits per heavy atom. The fourth-order valence-electron chi connectivity index (χ4n) is 3.82. The number of carbonyl (C=O) groups is 3. The van der Waals surface area contributed by atoms with Crippen LogP contribution in [0.25, 0.3) is 21.9 Å². The third-order valence-electron chi connectivity index (χ3n) is 5.28. The highest BCUT2D eigenvalue weighted by atomic mass is 16.2. The Hall–Kier alpha value is -3.93. The Morgan fingerprint density at radius 3 is 2.57 bits per heavy atom. The summed E-state index contributed by atoms with van der Waals surface area (Å²) < 4.78 is 0. The summed E-state index contributed by atoms with van der Waals surface area (Å²) in [5, 5.41) is 4.84. The summed E-state index contributed by atoms with van der Waals surface area (Å²) in [6.45, 7) is 5.63. The van der Waals surface area contributed by atoms with E-state index in [0.717, 1.165) is 33.2 Å². The second kappa shape index (κ2) is 7.48. The highest BCUT2D eigenvalue weighted by Crippen LogP contribution is 2.35. The van der Waals surface area contributed by atoms with Crippen molar-refractivity contribution in [1.29, 1.82) is 0 Å². The maximum atomic E-state index is 12.8. The summed E-state index contributed by atoms with van der Waals surface area (Å²) in [6.07, 6.45) is 0. The molecule has 0 unspecified atom stereocenters. The molecule has 0 fully saturated rings. The number of primary amides is 1. The van der Waals surface area contributed by atoms with Crippen LogP contribution in [0.3, 0.4) is 0 Å². The minimum Gasteiger partial charge on any atom is -0.366 e. The number of para-hydroxylation sites is 1. The maximum absolute atomic E-state index is 12.8. The van der Waals surface area contributed by atoms with E-state index in [-0.39, 0.29) is 23.9 Å². The van der Waals surface area contributed by atoms with Gasteiger partial charge in [-0.15, -0.1) is 0 Å². The van der Waals surface area contributed by atoms with Crippen LogP contribution in [0.1, 0.15) is 22.8 Å². The minimum atomic E-state index is -0.611. The number of nitrogens with one attached hydrogen (secondary N) is 1. The van der Waals surface area contributed by atoms with Crippen LogP contribution in [-0.4, -0.2) is 29.2 Å². The van der Waals surface area contributed by atoms with Crippen molar-refractivity contribution in [1.82, 2.24) is 4.90 Å². The first-order valence-electron chi connectivity index (χ1n) is 9.54. The van der Waals surface area contributed by atoms with Gasteiger partial charge in [-0.25, -0.2) is 0 Å². The molecule has 0 atom stereocenters. The zero-order chi connectivity index (χ0) is 21.4. The van der Waals surface area contributed by atoms with Crippen LogP contribution in [0.5, 0.6) is 0 Å². The van der Waals surface area contributed by atoms with Crippen LogP contribution in [0, 0.1) is 0 Å². The molecule has 3 aromatic rings. The van der Waals surface area contributed by atoms with Gasteiger partial charge in [0, 0.05) is 35.9 Å². The molecule has 0 aliphatic carbocycles. The summed E-state index contributed by atoms with van der Waals surface area (Å²) in [6, 6.07) is 17.4. The maximum Gasteiger partial charge on any atom is 0.254 e. The number of amides is 3. The van der Waals surface area contributed by atoms with Gasteiger partial charge >= 0.3 is 0 Å². The van der Waals surface area contributed by atoms with E-state index in [4.69, 9.17) is 5.73 Å². The lowest BCUT2D eigenvalue weighted by Crippen LogP contribution is -2.30. The van der Waals surface area contributed by atoms with E-state index in [1.165, 1.54) is 6.92 Å². The molecule has 0 saturated carbocycles. The van der Waals surface area contributed by atoms with Gasteiger partial charge in [-0.1, -0.05) is 43.0 Å². The van der Waals surface area contributed by atoms with Gasteiger partial charge in [0.15, 0.2) is 0 Å². The third kappa shape index (κ3) is 3.43. The first-order valence-corrected chi connectivity index (χ1v) is 9.54. The van der Waals surface area contributed by atoms with Crippen LogP contribution < -0.4 is 11.1 Å². The monoisotopic (exact) mass is 399 g/mol. The van der Waals surface area contributed by atoms with E-state index in [1.807, 2.05) is 54.6 Å². The van der Waals surface area contributed by atoms with Crippen LogP contribution >= 0.6 is 0 Å². The lowest BCUT2D eigenvalue weighted by atomic mass is 9.95. The number of fused-ring (bicyclic) bond motifs is 3. The van der Waals surface area contributed by atoms with Gasteiger partial charge in [-0.05, 0) is 40.1 Å². The van der Waals surface area contributed by atoms with Crippen molar-refractivity contribution in [3.63, 3.8) is 0 Å². The molecule has 0 bridgehead atoms. The molecule has 150 valence electrons. The van der Waals surface area contributed by atoms with E-state index in [0.29, 0.717) is 12.1 Å². The van der Waals surface area contributed by atoms with Crippen molar-refractivity contribution in [3.05, 3.63) is 77.9 Å². The number of carbonyl (C=O) groups excluding carboxylic acids is 3. The first kappa shape index (κ1) is 19.4. The van der Waals surface area contributed by atoms with Gasteiger partial charge in [-0.3, -0.25) is 14.4 Å². The zero-order valence-corrected chi connectivity index (χ0v) is 16.6. The van der Waals surface area contributed by atoms with Crippen LogP contribution in [0.4, 0.5) is 5.69 Å². The van der Waals surface area contributed by atoms with Crippen molar-refractivity contribution >= 4 is 34.2 Å². The Morgan fingerprint density at radius 2 is 1.83 bits per heavy atom. The summed E-state index contributed by atoms with van der Waals surface area (Å²) >= 11 is 0. The summed E-state index contributed by atoms with van der Waals surface area (Å²) in [5.74, 6) is -0.890. The highest BCUT2D eigenvalue weighted by Gasteiger charge is 2.29. The molecule has 6 nitrogen and oxygen atoms in total. The number of anilines is 1. The van der Waals surface area contributed by atoms with Gasteiger partial charge in [0.05, 0.1) is 6.54 Å². The molecular formula is C24H21N3O3. The fraction of sp³-hybridized carbons (Fsp3) is 0.125. The predicted molar refractivity (Wildman–Crippen MR) is 117 cm³/mol. The Kier molecular flexibility index (Phi) is 4.83. The molecular weight excluding hydrogens is 378 g/mol. The standard InChI is InChI=1S/C24H21N3O3/c1-14(23(25)29)12-27-13-21-19(24(27)30)10-9-16-7-8-17(11-20(16)21)18-5-3-4-6-22(18)26-15(2)28/h3-11H,1,12-13H2,2H3,(H2,25,29)(H,26,28). The fourth-order valence-corrected chi connectivity index (χ4v) is 3.82. The molecule has 0 radical (unpaired) electrons. The van der Waals surface area contributed by atoms with E-state index >= 15 is 0 Å². The van der Waals surface area contributed by atoms with Crippen LogP contribution in [0.15, 0.2) is 66.7 Å². The Balaban J connectivity index is 1.78. The summed E-state index contributed by atoms with van der Waals surface area (Å²) in [7, 11) is 0. The average Bonchev–Trinajstić information content (AvgIpc) is 3.03. The van der Waals surface area contributed by atoms with E-state index < -0.39 is 5.91 Å². The van der Waals surface area contributed by atoms with E-state index in [2.05, 4.69) is 11.9 Å². The molecule has 6 heteroatoms. The van der Waals surface area contributed by atoms with E-state index in [9.17, 15) is 14.4 Å². The minimum absolute atomic E-state index is 0.107. The molecule has 1 heterocycles. The molecule has 0 spiro atoms. The van der Waals surface area contributed by atoms with Crippen molar-refractivity contribution in [3.8, 4) is 11.1 Å². The molecule has 4 rings (SSSR count). The Labute approximate surface area is 174 Å². The average molecular weight is 399 g/mol. The van der Waals surface area contributed by atoms with Gasteiger partial charge in [0.2, 0.25) is 11.8 Å². The molecule has 0 saturated heterocycles. The number of benzene rings is 3. The van der Waals surface area contributed by atoms with Gasteiger partial charge in [0.25, 0.3) is 5.91 Å². The van der Waals surface area contributed by atoms with Gasteiger partial charge in [0.1, 0.15) is 0 Å². The second-order valence-electron chi connectivity index (χ2n) is 7.38. The normalized spacial score (nSPS) is 12.7. The lowest BCUT2D eigenvalue weighted by Gasteiger charge is -2.15. The van der Waals surface area contributed by atoms with Crippen molar-refractivity contribution in [2.24, 2.45) is 5.73 Å². The number of hydrogen-bond donors (Lipinski definition) is 2. The number of rotatable bonds is 5. The Bertz CT molecular complexity index is 1230. The molecule has 1 aliphatic heterocycles. The highest BCUT2D eigenvalue weighted by molar-refractivity contribution is 6.06. The number of nitrogens with two attached hydrogens (primary N) is 1. The van der Waals surface area contributed by atoms with Crippen molar-refractivity contribution < 1.29 is 14.4 Å². The zero-order valence-electron chi connectivity index (χ0n) is 16.6. The summed E-state index contributed by atoms with van der Waals surface area (Å²) in [4.78, 5) is 37.3. The molecule has 3 aromatic carbocycles. The first-order chi connectivity index (χ1) is 14.3. The number of hydrogen-bond acceptors (Lipinski definition) is 3. The largest absolute Gasteiger partial charge is 0.366 e. The molecule has 3 N–H and O–H groups in total. The van der Waals surface area contributed by atoms with Crippen molar-refractivity contribution in [2.45, 2.75) is 13.5 Å². The predicted octanol–water partition coefficient (Wildman–Crippen LogP) is 3.46. The van der Waals surface area contributed by atoms with Gasteiger partial charge < -0.3 is 16.0 Å². The second-order valence-corrected chi connectivity index (χ2v) is 7.38. The molecule has 3 amide bonds. The van der Waals surface area contributed by atoms with E-state index in [1.54, 1.807) is 4.90 Å². The SMILES string of the molecule is C=C(CN1Cc2c(ccc3ccc(-c4ccccc4NC(C)=O)cc23)C1=O)C(N)=O. The summed E-state index contributed by atoms with van der Waals surface area (Å²) in [5.41, 5.74) is 9.57.